The summed E-state index contributed by atoms with van der Waals surface area (Å²) in [6.45, 7) is 11.2. The van der Waals surface area contributed by atoms with Gasteiger partial charge >= 0.3 is 0 Å². The Bertz CT molecular complexity index is 488. The quantitative estimate of drug-likeness (QED) is 0.732. The molecule has 0 bridgehead atoms. The van der Waals surface area contributed by atoms with Crippen LogP contribution in [0, 0.1) is 5.92 Å². The average Bonchev–Trinajstić information content (AvgIpc) is 2.65. The largest absolute Gasteiger partial charge is 0.494 e. The van der Waals surface area contributed by atoms with Gasteiger partial charge in [0.25, 0.3) is 0 Å². The first kappa shape index (κ1) is 18.6. The number of likely N-dealkylation sites (tertiary alicyclic amines) is 1. The molecule has 0 aliphatic carbocycles. The fourth-order valence-corrected chi connectivity index (χ4v) is 3.60. The first-order valence-electron chi connectivity index (χ1n) is 9.80. The first-order chi connectivity index (χ1) is 12.3. The molecular formula is C20H33N3O2. The third kappa shape index (κ3) is 6.59. The van der Waals surface area contributed by atoms with Gasteiger partial charge in [-0.25, -0.2) is 5.01 Å². The molecule has 2 saturated heterocycles. The van der Waals surface area contributed by atoms with Crippen LogP contribution in [0.1, 0.15) is 31.7 Å². The number of nitrogens with zero attached hydrogens (tertiary/aromatic N) is 2. The van der Waals surface area contributed by atoms with Crippen molar-refractivity contribution in [3.05, 3.63) is 29.8 Å². The van der Waals surface area contributed by atoms with Crippen LogP contribution in [-0.2, 0) is 11.3 Å². The highest BCUT2D eigenvalue weighted by Crippen LogP contribution is 2.16. The lowest BCUT2D eigenvalue weighted by atomic mass is 10.0. The Morgan fingerprint density at radius 3 is 2.72 bits per heavy atom. The molecule has 2 fully saturated rings. The van der Waals surface area contributed by atoms with Gasteiger partial charge in [0.15, 0.2) is 0 Å². The molecule has 140 valence electrons. The zero-order valence-corrected chi connectivity index (χ0v) is 15.6. The van der Waals surface area contributed by atoms with Crippen molar-refractivity contribution in [3.63, 3.8) is 0 Å². The molecule has 1 aromatic carbocycles. The summed E-state index contributed by atoms with van der Waals surface area (Å²) in [4.78, 5) is 2.58. The maximum absolute atomic E-state index is 5.90. The molecule has 3 rings (SSSR count). The van der Waals surface area contributed by atoms with Crippen molar-refractivity contribution >= 4 is 0 Å². The highest BCUT2D eigenvalue weighted by Gasteiger charge is 2.15. The highest BCUT2D eigenvalue weighted by atomic mass is 16.5. The molecule has 5 nitrogen and oxygen atoms in total. The van der Waals surface area contributed by atoms with E-state index in [0.29, 0.717) is 0 Å². The number of hydrogen-bond donors (Lipinski definition) is 1. The van der Waals surface area contributed by atoms with Crippen LogP contribution in [0.3, 0.4) is 0 Å². The van der Waals surface area contributed by atoms with Crippen LogP contribution in [0.15, 0.2) is 24.3 Å². The van der Waals surface area contributed by atoms with E-state index in [9.17, 15) is 0 Å². The van der Waals surface area contributed by atoms with Crippen LogP contribution in [0.2, 0.25) is 0 Å². The molecule has 0 spiro atoms. The van der Waals surface area contributed by atoms with Gasteiger partial charge in [-0.15, -0.1) is 0 Å². The summed E-state index contributed by atoms with van der Waals surface area (Å²) in [6.07, 6.45) is 3.84. The van der Waals surface area contributed by atoms with E-state index in [1.807, 2.05) is 0 Å². The molecule has 2 aliphatic rings. The lowest BCUT2D eigenvalue weighted by Crippen LogP contribution is -2.45. The maximum atomic E-state index is 5.90. The second-order valence-electron chi connectivity index (χ2n) is 7.33. The van der Waals surface area contributed by atoms with Gasteiger partial charge in [-0.3, -0.25) is 5.43 Å². The predicted molar refractivity (Wildman–Crippen MR) is 101 cm³/mol. The average molecular weight is 348 g/mol. The summed E-state index contributed by atoms with van der Waals surface area (Å²) in [5.41, 5.74) is 4.74. The summed E-state index contributed by atoms with van der Waals surface area (Å²) in [7, 11) is 0. The molecule has 5 heteroatoms. The monoisotopic (exact) mass is 347 g/mol. The Labute approximate surface area is 152 Å². The van der Waals surface area contributed by atoms with E-state index in [1.54, 1.807) is 0 Å². The summed E-state index contributed by atoms with van der Waals surface area (Å²) in [5, 5.41) is 2.23. The van der Waals surface area contributed by atoms with Crippen molar-refractivity contribution in [1.82, 2.24) is 15.3 Å². The lowest BCUT2D eigenvalue weighted by Gasteiger charge is -2.30. The molecule has 0 amide bonds. The number of nitrogens with one attached hydrogen (secondary N) is 1. The van der Waals surface area contributed by atoms with E-state index in [4.69, 9.17) is 9.47 Å². The molecule has 0 aromatic heterocycles. The SMILES string of the molecule is C[C@@H]1CCCN(CCCOc2ccc(CNN3CCOCC3)cc2)C1. The third-order valence-corrected chi connectivity index (χ3v) is 5.07. The molecule has 1 N–H and O–H groups in total. The molecule has 1 aromatic rings. The van der Waals surface area contributed by atoms with Crippen LogP contribution in [-0.4, -0.2) is 62.5 Å². The first-order valence-corrected chi connectivity index (χ1v) is 9.80. The fourth-order valence-electron chi connectivity index (χ4n) is 3.60. The molecule has 2 heterocycles. The standard InChI is InChI=1S/C20H33N3O2/c1-18-4-2-9-22(17-18)10-3-13-25-20-7-5-19(6-8-20)16-21-23-11-14-24-15-12-23/h5-8,18,21H,2-4,9-17H2,1H3/t18-/m1/s1. The number of rotatable bonds is 8. The minimum atomic E-state index is 0.802. The summed E-state index contributed by atoms with van der Waals surface area (Å²) in [6, 6.07) is 8.46. The van der Waals surface area contributed by atoms with Gasteiger partial charge in [-0.2, -0.15) is 0 Å². The second-order valence-corrected chi connectivity index (χ2v) is 7.33. The van der Waals surface area contributed by atoms with E-state index in [0.717, 1.165) is 64.1 Å². The van der Waals surface area contributed by atoms with E-state index in [-0.39, 0.29) is 0 Å². The number of benzene rings is 1. The zero-order valence-electron chi connectivity index (χ0n) is 15.6. The minimum Gasteiger partial charge on any atom is -0.494 e. The van der Waals surface area contributed by atoms with Gasteiger partial charge in [0.05, 0.1) is 19.8 Å². The Morgan fingerprint density at radius 2 is 1.96 bits per heavy atom. The predicted octanol–water partition coefficient (Wildman–Crippen LogP) is 2.52. The van der Waals surface area contributed by atoms with E-state index in [1.165, 1.54) is 31.5 Å². The van der Waals surface area contributed by atoms with Crippen molar-refractivity contribution in [2.24, 2.45) is 5.92 Å². The van der Waals surface area contributed by atoms with Crippen LogP contribution in [0.4, 0.5) is 0 Å². The molecule has 0 unspecified atom stereocenters. The van der Waals surface area contributed by atoms with Gasteiger partial charge in [-0.1, -0.05) is 19.1 Å². The van der Waals surface area contributed by atoms with Crippen molar-refractivity contribution in [3.8, 4) is 5.75 Å². The van der Waals surface area contributed by atoms with Crippen molar-refractivity contribution < 1.29 is 9.47 Å². The third-order valence-electron chi connectivity index (χ3n) is 5.07. The highest BCUT2D eigenvalue weighted by molar-refractivity contribution is 5.27. The normalized spacial score (nSPS) is 22.8. The van der Waals surface area contributed by atoms with Crippen LogP contribution >= 0.6 is 0 Å². The summed E-state index contributed by atoms with van der Waals surface area (Å²) < 4.78 is 11.3. The summed E-state index contributed by atoms with van der Waals surface area (Å²) >= 11 is 0. The maximum Gasteiger partial charge on any atom is 0.119 e. The molecule has 0 saturated carbocycles. The molecule has 1 atom stereocenters. The number of hydrazine groups is 1. The van der Waals surface area contributed by atoms with E-state index < -0.39 is 0 Å². The number of piperidine rings is 1. The number of hydrogen-bond acceptors (Lipinski definition) is 5. The molecule has 0 radical (unpaired) electrons. The minimum absolute atomic E-state index is 0.802. The van der Waals surface area contributed by atoms with Gasteiger partial charge in [-0.05, 0) is 49.4 Å². The number of ether oxygens (including phenoxy) is 2. The topological polar surface area (TPSA) is 37.0 Å². The smallest absolute Gasteiger partial charge is 0.119 e. The van der Waals surface area contributed by atoms with Crippen molar-refractivity contribution in [1.29, 1.82) is 0 Å². The van der Waals surface area contributed by atoms with Gasteiger partial charge < -0.3 is 14.4 Å². The fraction of sp³-hybridized carbons (Fsp3) is 0.700. The Kier molecular flexibility index (Phi) is 7.55. The molecule has 2 aliphatic heterocycles. The Morgan fingerprint density at radius 1 is 1.16 bits per heavy atom. The Balaban J connectivity index is 1.30. The summed E-state index contributed by atoms with van der Waals surface area (Å²) in [5.74, 6) is 1.83. The van der Waals surface area contributed by atoms with Gasteiger partial charge in [0.2, 0.25) is 0 Å². The van der Waals surface area contributed by atoms with Gasteiger partial charge in [0, 0.05) is 32.7 Å². The van der Waals surface area contributed by atoms with E-state index in [2.05, 4.69) is 46.5 Å². The van der Waals surface area contributed by atoms with Crippen LogP contribution in [0.5, 0.6) is 5.75 Å². The van der Waals surface area contributed by atoms with Crippen LogP contribution in [0.25, 0.3) is 0 Å². The molecular weight excluding hydrogens is 314 g/mol. The van der Waals surface area contributed by atoms with Crippen LogP contribution < -0.4 is 10.2 Å². The van der Waals surface area contributed by atoms with Crippen molar-refractivity contribution in [2.45, 2.75) is 32.7 Å². The van der Waals surface area contributed by atoms with E-state index >= 15 is 0 Å². The Hall–Kier alpha value is -1.14. The van der Waals surface area contributed by atoms with Crippen molar-refractivity contribution in [2.75, 3.05) is 52.5 Å². The van der Waals surface area contributed by atoms with Gasteiger partial charge in [0.1, 0.15) is 5.75 Å². The lowest BCUT2D eigenvalue weighted by molar-refractivity contribution is 0.0106. The molecule has 25 heavy (non-hydrogen) atoms. The zero-order chi connectivity index (χ0) is 17.3. The second kappa shape index (κ2) is 10.1. The number of morpholine rings is 1.